The molecule has 1 aromatic rings. The molecule has 4 heteroatoms. The Morgan fingerprint density at radius 2 is 2.00 bits per heavy atom. The summed E-state index contributed by atoms with van der Waals surface area (Å²) in [6.07, 6.45) is -0.160. The molecule has 0 aromatic heterocycles. The van der Waals surface area contributed by atoms with E-state index in [1.807, 2.05) is 0 Å². The monoisotopic (exact) mass is 238 g/mol. The smallest absolute Gasteiger partial charge is 0.170 e. The van der Waals surface area contributed by atoms with Crippen LogP contribution in [0.15, 0.2) is 18.2 Å². The highest BCUT2D eigenvalue weighted by Gasteiger charge is 2.16. The van der Waals surface area contributed by atoms with Crippen molar-refractivity contribution in [3.05, 3.63) is 29.6 Å². The van der Waals surface area contributed by atoms with Crippen molar-refractivity contribution < 1.29 is 18.7 Å². The van der Waals surface area contributed by atoms with E-state index in [1.54, 1.807) is 13.8 Å². The Labute approximate surface area is 99.6 Å². The Morgan fingerprint density at radius 1 is 1.35 bits per heavy atom. The maximum absolute atomic E-state index is 13.1. The number of benzene rings is 1. The third-order valence-electron chi connectivity index (χ3n) is 2.45. The zero-order valence-corrected chi connectivity index (χ0v) is 10.1. The number of hydrogen-bond acceptors (Lipinski definition) is 3. The fourth-order valence-electron chi connectivity index (χ4n) is 1.30. The van der Waals surface area contributed by atoms with Crippen LogP contribution in [0.2, 0.25) is 0 Å². The van der Waals surface area contributed by atoms with Gasteiger partial charge < -0.3 is 4.74 Å². The number of rotatable bonds is 5. The first-order valence-corrected chi connectivity index (χ1v) is 5.35. The Kier molecular flexibility index (Phi) is 4.37. The predicted octanol–water partition coefficient (Wildman–Crippen LogP) is 2.63. The molecule has 0 aliphatic carbocycles. The molecule has 0 heterocycles. The molecular formula is C13H15FO3. The summed E-state index contributed by atoms with van der Waals surface area (Å²) in [4.78, 5) is 23.2. The Hall–Kier alpha value is -1.71. The van der Waals surface area contributed by atoms with Crippen molar-refractivity contribution in [2.45, 2.75) is 20.3 Å². The molecule has 92 valence electrons. The van der Waals surface area contributed by atoms with Gasteiger partial charge in [-0.25, -0.2) is 4.39 Å². The van der Waals surface area contributed by atoms with Crippen molar-refractivity contribution >= 4 is 11.6 Å². The van der Waals surface area contributed by atoms with E-state index < -0.39 is 5.82 Å². The zero-order chi connectivity index (χ0) is 13.0. The molecule has 0 unspecified atom stereocenters. The number of halogens is 1. The molecule has 0 saturated heterocycles. The van der Waals surface area contributed by atoms with Crippen LogP contribution in [0.3, 0.4) is 0 Å². The molecule has 0 N–H and O–H groups in total. The summed E-state index contributed by atoms with van der Waals surface area (Å²) in [5.41, 5.74) is 0.289. The van der Waals surface area contributed by atoms with E-state index >= 15 is 0 Å². The number of Topliss-reactive ketones (excluding diaryl/α,β-unsaturated/α-hetero) is 2. The molecule has 1 rings (SSSR count). The van der Waals surface area contributed by atoms with E-state index in [0.717, 1.165) is 6.07 Å². The molecule has 0 aliphatic heterocycles. The third-order valence-corrected chi connectivity index (χ3v) is 2.45. The van der Waals surface area contributed by atoms with Gasteiger partial charge in [-0.3, -0.25) is 9.59 Å². The first kappa shape index (κ1) is 13.4. The van der Waals surface area contributed by atoms with Crippen LogP contribution in [-0.4, -0.2) is 18.7 Å². The first-order chi connectivity index (χ1) is 7.95. The quantitative estimate of drug-likeness (QED) is 0.585. The van der Waals surface area contributed by atoms with Gasteiger partial charge in [-0.1, -0.05) is 13.8 Å². The van der Waals surface area contributed by atoms with Crippen LogP contribution in [0, 0.1) is 11.7 Å². The normalized spacial score (nSPS) is 10.4. The number of ether oxygens (including phenoxy) is 1. The highest BCUT2D eigenvalue weighted by Crippen LogP contribution is 2.19. The van der Waals surface area contributed by atoms with Gasteiger partial charge in [0.25, 0.3) is 0 Å². The summed E-state index contributed by atoms with van der Waals surface area (Å²) < 4.78 is 17.9. The molecule has 0 amide bonds. The lowest BCUT2D eigenvalue weighted by molar-refractivity contribution is -0.121. The Morgan fingerprint density at radius 3 is 2.53 bits per heavy atom. The minimum absolute atomic E-state index is 0.00726. The summed E-state index contributed by atoms with van der Waals surface area (Å²) >= 11 is 0. The van der Waals surface area contributed by atoms with Gasteiger partial charge in [0.1, 0.15) is 5.78 Å². The maximum atomic E-state index is 13.1. The van der Waals surface area contributed by atoms with Gasteiger partial charge in [-0.05, 0) is 18.2 Å². The lowest BCUT2D eigenvalue weighted by Gasteiger charge is -2.06. The first-order valence-electron chi connectivity index (χ1n) is 5.35. The van der Waals surface area contributed by atoms with E-state index in [9.17, 15) is 14.0 Å². The third kappa shape index (κ3) is 3.37. The molecule has 0 atom stereocenters. The second-order valence-corrected chi connectivity index (χ2v) is 4.07. The summed E-state index contributed by atoms with van der Waals surface area (Å²) in [5.74, 6) is -1.14. The fraction of sp³-hybridized carbons (Fsp3) is 0.385. The average Bonchev–Trinajstić information content (AvgIpc) is 2.29. The Bertz CT molecular complexity index is 438. The van der Waals surface area contributed by atoms with E-state index in [0.29, 0.717) is 0 Å². The minimum Gasteiger partial charge on any atom is -0.494 e. The molecule has 0 fully saturated rings. The van der Waals surface area contributed by atoms with Crippen LogP contribution in [0.25, 0.3) is 0 Å². The molecule has 17 heavy (non-hydrogen) atoms. The SMILES string of the molecule is COc1cc(C(=O)CC(=O)C(C)C)ccc1F. The lowest BCUT2D eigenvalue weighted by Crippen LogP contribution is -2.13. The van der Waals surface area contributed by atoms with Gasteiger partial charge in [0.05, 0.1) is 13.5 Å². The van der Waals surface area contributed by atoms with Crippen molar-refractivity contribution in [2.75, 3.05) is 7.11 Å². The maximum Gasteiger partial charge on any atom is 0.170 e. The summed E-state index contributed by atoms with van der Waals surface area (Å²) in [5, 5.41) is 0. The van der Waals surface area contributed by atoms with Crippen LogP contribution < -0.4 is 4.74 Å². The number of carbonyl (C=O) groups is 2. The van der Waals surface area contributed by atoms with Gasteiger partial charge in [-0.2, -0.15) is 0 Å². The van der Waals surface area contributed by atoms with Gasteiger partial charge in [-0.15, -0.1) is 0 Å². The average molecular weight is 238 g/mol. The van der Waals surface area contributed by atoms with E-state index in [4.69, 9.17) is 4.74 Å². The molecule has 0 saturated carbocycles. The van der Waals surface area contributed by atoms with Crippen molar-refractivity contribution in [3.8, 4) is 5.75 Å². The van der Waals surface area contributed by atoms with Crippen molar-refractivity contribution in [1.82, 2.24) is 0 Å². The largest absolute Gasteiger partial charge is 0.494 e. The Balaban J connectivity index is 2.86. The highest BCUT2D eigenvalue weighted by atomic mass is 19.1. The number of ketones is 2. The molecule has 0 bridgehead atoms. The van der Waals surface area contributed by atoms with Crippen LogP contribution in [0.4, 0.5) is 4.39 Å². The molecular weight excluding hydrogens is 223 g/mol. The molecule has 1 aromatic carbocycles. The van der Waals surface area contributed by atoms with Crippen molar-refractivity contribution in [2.24, 2.45) is 5.92 Å². The number of methoxy groups -OCH3 is 1. The molecule has 0 aliphatic rings. The minimum atomic E-state index is -0.528. The van der Waals surface area contributed by atoms with Gasteiger partial charge in [0, 0.05) is 11.5 Å². The summed E-state index contributed by atoms with van der Waals surface area (Å²) in [6, 6.07) is 3.82. The van der Waals surface area contributed by atoms with Crippen LogP contribution >= 0.6 is 0 Å². The van der Waals surface area contributed by atoms with Gasteiger partial charge in [0.15, 0.2) is 17.3 Å². The van der Waals surface area contributed by atoms with Crippen molar-refractivity contribution in [1.29, 1.82) is 0 Å². The predicted molar refractivity (Wildman–Crippen MR) is 61.7 cm³/mol. The highest BCUT2D eigenvalue weighted by molar-refractivity contribution is 6.08. The number of hydrogen-bond donors (Lipinski definition) is 0. The lowest BCUT2D eigenvalue weighted by atomic mass is 10.00. The summed E-state index contributed by atoms with van der Waals surface area (Å²) in [7, 11) is 1.33. The molecule has 0 radical (unpaired) electrons. The second kappa shape index (κ2) is 5.57. The number of carbonyl (C=O) groups excluding carboxylic acids is 2. The zero-order valence-electron chi connectivity index (χ0n) is 10.1. The van der Waals surface area contributed by atoms with E-state index in [2.05, 4.69) is 0 Å². The van der Waals surface area contributed by atoms with Crippen molar-refractivity contribution in [3.63, 3.8) is 0 Å². The summed E-state index contributed by atoms with van der Waals surface area (Å²) in [6.45, 7) is 3.47. The van der Waals surface area contributed by atoms with Crippen LogP contribution in [-0.2, 0) is 4.79 Å². The molecule has 3 nitrogen and oxygen atoms in total. The fourth-order valence-corrected chi connectivity index (χ4v) is 1.30. The van der Waals surface area contributed by atoms with Crippen LogP contribution in [0.1, 0.15) is 30.6 Å². The van der Waals surface area contributed by atoms with Crippen LogP contribution in [0.5, 0.6) is 5.75 Å². The van der Waals surface area contributed by atoms with Gasteiger partial charge in [0.2, 0.25) is 0 Å². The second-order valence-electron chi connectivity index (χ2n) is 4.07. The standard InChI is InChI=1S/C13H15FO3/c1-8(2)11(15)7-12(16)9-4-5-10(14)13(6-9)17-3/h4-6,8H,7H2,1-3H3. The molecule has 0 spiro atoms. The van der Waals surface area contributed by atoms with Gasteiger partial charge >= 0.3 is 0 Å². The van der Waals surface area contributed by atoms with E-state index in [1.165, 1.54) is 19.2 Å². The topological polar surface area (TPSA) is 43.4 Å². The van der Waals surface area contributed by atoms with E-state index in [-0.39, 0.29) is 35.2 Å².